The predicted octanol–water partition coefficient (Wildman–Crippen LogP) is 2.85. The molecule has 66 valence electrons. The van der Waals surface area contributed by atoms with E-state index in [1.807, 2.05) is 18.2 Å². The summed E-state index contributed by atoms with van der Waals surface area (Å²) in [6.07, 6.45) is 4.48. The van der Waals surface area contributed by atoms with E-state index >= 15 is 0 Å². The Balaban J connectivity index is 2.63. The second-order valence-corrected chi connectivity index (χ2v) is 3.36. The Hall–Kier alpha value is -1.37. The van der Waals surface area contributed by atoms with Crippen molar-refractivity contribution in [3.8, 4) is 0 Å². The highest BCUT2D eigenvalue weighted by Gasteiger charge is 2.18. The predicted molar refractivity (Wildman–Crippen MR) is 53.8 cm³/mol. The van der Waals surface area contributed by atoms with E-state index < -0.39 is 0 Å². The van der Waals surface area contributed by atoms with Gasteiger partial charge >= 0.3 is 0 Å². The lowest BCUT2D eigenvalue weighted by atomic mass is 9.87. The molecule has 0 N–H and O–H groups in total. The van der Waals surface area contributed by atoms with Crippen LogP contribution in [-0.2, 0) is 6.42 Å². The Morgan fingerprint density at radius 2 is 2.15 bits per heavy atom. The lowest BCUT2D eigenvalue weighted by Gasteiger charge is -2.16. The first-order valence-corrected chi connectivity index (χ1v) is 4.60. The van der Waals surface area contributed by atoms with Crippen LogP contribution in [0.1, 0.15) is 34.3 Å². The average Bonchev–Trinajstić information content (AvgIpc) is 2.17. The van der Waals surface area contributed by atoms with Gasteiger partial charge in [-0.1, -0.05) is 30.9 Å². The van der Waals surface area contributed by atoms with E-state index in [0.717, 1.165) is 24.0 Å². The van der Waals surface area contributed by atoms with Crippen molar-refractivity contribution < 1.29 is 4.79 Å². The average molecular weight is 172 g/mol. The molecule has 0 atom stereocenters. The largest absolute Gasteiger partial charge is 0.294 e. The monoisotopic (exact) mass is 172 g/mol. The zero-order chi connectivity index (χ0) is 9.26. The van der Waals surface area contributed by atoms with E-state index in [0.29, 0.717) is 6.42 Å². The summed E-state index contributed by atoms with van der Waals surface area (Å²) in [6.45, 7) is 3.72. The Bertz CT molecular complexity index is 363. The number of hydrogen-bond acceptors (Lipinski definition) is 1. The molecule has 2 rings (SSSR count). The van der Waals surface area contributed by atoms with E-state index in [1.54, 1.807) is 6.08 Å². The van der Waals surface area contributed by atoms with Crippen LogP contribution >= 0.6 is 0 Å². The smallest absolute Gasteiger partial charge is 0.163 e. The molecule has 1 aromatic rings. The van der Waals surface area contributed by atoms with Crippen molar-refractivity contribution in [2.75, 3.05) is 0 Å². The first-order chi connectivity index (χ1) is 6.33. The van der Waals surface area contributed by atoms with E-state index in [2.05, 4.69) is 6.58 Å². The molecule has 0 amide bonds. The van der Waals surface area contributed by atoms with Crippen LogP contribution in [0, 0.1) is 0 Å². The summed E-state index contributed by atoms with van der Waals surface area (Å²) in [7, 11) is 0. The summed E-state index contributed by atoms with van der Waals surface area (Å²) in [5, 5.41) is 0. The van der Waals surface area contributed by atoms with E-state index in [9.17, 15) is 4.79 Å². The number of carbonyl (C=O) groups excluding carboxylic acids is 1. The second kappa shape index (κ2) is 3.17. The van der Waals surface area contributed by atoms with Gasteiger partial charge in [-0.25, -0.2) is 0 Å². The van der Waals surface area contributed by atoms with Gasteiger partial charge in [-0.3, -0.25) is 4.79 Å². The van der Waals surface area contributed by atoms with Crippen molar-refractivity contribution >= 4 is 11.9 Å². The van der Waals surface area contributed by atoms with Gasteiger partial charge in [0.15, 0.2) is 5.78 Å². The molecule has 1 nitrogen and oxygen atoms in total. The Morgan fingerprint density at radius 1 is 1.31 bits per heavy atom. The zero-order valence-corrected chi connectivity index (χ0v) is 7.55. The highest BCUT2D eigenvalue weighted by molar-refractivity contribution is 6.01. The molecule has 0 saturated carbocycles. The van der Waals surface area contributed by atoms with Crippen molar-refractivity contribution in [2.24, 2.45) is 0 Å². The minimum Gasteiger partial charge on any atom is -0.294 e. The second-order valence-electron chi connectivity index (χ2n) is 3.36. The van der Waals surface area contributed by atoms with Crippen LogP contribution in [0.4, 0.5) is 0 Å². The number of benzene rings is 1. The first kappa shape index (κ1) is 8.24. The fourth-order valence-corrected chi connectivity index (χ4v) is 1.90. The van der Waals surface area contributed by atoms with Crippen LogP contribution in [-0.4, -0.2) is 5.78 Å². The van der Waals surface area contributed by atoms with Crippen molar-refractivity contribution in [3.63, 3.8) is 0 Å². The third-order valence-electron chi connectivity index (χ3n) is 2.53. The summed E-state index contributed by atoms with van der Waals surface area (Å²) in [5.41, 5.74) is 3.08. The summed E-state index contributed by atoms with van der Waals surface area (Å²) >= 11 is 0. The molecule has 0 fully saturated rings. The number of rotatable bonds is 1. The number of aryl methyl sites for hydroxylation is 1. The fourth-order valence-electron chi connectivity index (χ4n) is 1.90. The lowest BCUT2D eigenvalue weighted by Crippen LogP contribution is -2.12. The summed E-state index contributed by atoms with van der Waals surface area (Å²) in [5.74, 6) is 0.275. The lowest BCUT2D eigenvalue weighted by molar-refractivity contribution is 0.0972. The topological polar surface area (TPSA) is 17.1 Å². The summed E-state index contributed by atoms with van der Waals surface area (Å²) in [4.78, 5) is 11.6. The molecule has 0 radical (unpaired) electrons. The van der Waals surface area contributed by atoms with Crippen molar-refractivity contribution in [1.82, 2.24) is 0 Å². The van der Waals surface area contributed by atoms with Gasteiger partial charge in [0.25, 0.3) is 0 Å². The number of ketones is 1. The Labute approximate surface area is 78.1 Å². The van der Waals surface area contributed by atoms with Gasteiger partial charge in [0.05, 0.1) is 0 Å². The SMILES string of the molecule is C=Cc1cccc2c1C(=O)CCC2. The van der Waals surface area contributed by atoms with Crippen LogP contribution in [0.3, 0.4) is 0 Å². The van der Waals surface area contributed by atoms with Crippen LogP contribution in [0.2, 0.25) is 0 Å². The summed E-state index contributed by atoms with van der Waals surface area (Å²) < 4.78 is 0. The Morgan fingerprint density at radius 3 is 2.92 bits per heavy atom. The molecule has 0 unspecified atom stereocenters. The maximum absolute atomic E-state index is 11.6. The molecule has 1 heteroatoms. The van der Waals surface area contributed by atoms with Crippen LogP contribution < -0.4 is 0 Å². The quantitative estimate of drug-likeness (QED) is 0.636. The maximum atomic E-state index is 11.6. The van der Waals surface area contributed by atoms with Gasteiger partial charge in [-0.05, 0) is 24.0 Å². The molecule has 0 heterocycles. The third-order valence-corrected chi connectivity index (χ3v) is 2.53. The van der Waals surface area contributed by atoms with Gasteiger partial charge in [-0.2, -0.15) is 0 Å². The van der Waals surface area contributed by atoms with Crippen LogP contribution in [0.5, 0.6) is 0 Å². The normalized spacial score (nSPS) is 15.2. The fraction of sp³-hybridized carbons (Fsp3) is 0.250. The summed E-state index contributed by atoms with van der Waals surface area (Å²) in [6, 6.07) is 5.99. The number of Topliss-reactive ketones (excluding diaryl/α,β-unsaturated/α-hetero) is 1. The first-order valence-electron chi connectivity index (χ1n) is 4.60. The standard InChI is InChI=1S/C12H12O/c1-2-9-5-3-6-10-7-4-8-11(13)12(9)10/h2-3,5-6H,1,4,7-8H2. The Kier molecular flexibility index (Phi) is 2.01. The minimum absolute atomic E-state index is 0.275. The molecule has 0 aromatic heterocycles. The molecular weight excluding hydrogens is 160 g/mol. The maximum Gasteiger partial charge on any atom is 0.163 e. The van der Waals surface area contributed by atoms with Gasteiger partial charge < -0.3 is 0 Å². The van der Waals surface area contributed by atoms with Gasteiger partial charge in [-0.15, -0.1) is 0 Å². The number of carbonyl (C=O) groups is 1. The number of hydrogen-bond donors (Lipinski definition) is 0. The highest BCUT2D eigenvalue weighted by Crippen LogP contribution is 2.24. The molecule has 1 aliphatic carbocycles. The third kappa shape index (κ3) is 1.31. The molecule has 13 heavy (non-hydrogen) atoms. The molecule has 0 spiro atoms. The van der Waals surface area contributed by atoms with Gasteiger partial charge in [0.2, 0.25) is 0 Å². The van der Waals surface area contributed by atoms with Gasteiger partial charge in [0.1, 0.15) is 0 Å². The van der Waals surface area contributed by atoms with E-state index in [-0.39, 0.29) is 5.78 Å². The minimum atomic E-state index is 0.275. The van der Waals surface area contributed by atoms with Crippen molar-refractivity contribution in [3.05, 3.63) is 41.5 Å². The molecule has 0 aliphatic heterocycles. The molecule has 1 aromatic carbocycles. The van der Waals surface area contributed by atoms with Crippen LogP contribution in [0.25, 0.3) is 6.08 Å². The van der Waals surface area contributed by atoms with Gasteiger partial charge in [0, 0.05) is 12.0 Å². The van der Waals surface area contributed by atoms with Crippen molar-refractivity contribution in [2.45, 2.75) is 19.3 Å². The highest BCUT2D eigenvalue weighted by atomic mass is 16.1. The zero-order valence-electron chi connectivity index (χ0n) is 7.55. The van der Waals surface area contributed by atoms with Crippen molar-refractivity contribution in [1.29, 1.82) is 0 Å². The van der Waals surface area contributed by atoms with E-state index in [4.69, 9.17) is 0 Å². The molecule has 1 aliphatic rings. The number of fused-ring (bicyclic) bond motifs is 1. The molecular formula is C12H12O. The van der Waals surface area contributed by atoms with Crippen LogP contribution in [0.15, 0.2) is 24.8 Å². The van der Waals surface area contributed by atoms with E-state index in [1.165, 1.54) is 5.56 Å². The molecule has 0 bridgehead atoms. The molecule has 0 saturated heterocycles.